The lowest BCUT2D eigenvalue weighted by molar-refractivity contribution is -0.123. The number of carbonyl (C=O) groups excluding carboxylic acids is 6. The average molecular weight is 835 g/mol. The molecule has 0 aliphatic rings. The first-order valence-electron chi connectivity index (χ1n) is 19.9. The molecule has 334 valence electrons. The largest absolute Gasteiger partial charge is 0.379 e. The lowest BCUT2D eigenvalue weighted by Gasteiger charge is -2.34. The van der Waals surface area contributed by atoms with Crippen molar-refractivity contribution in [2.75, 3.05) is 98.9 Å². The van der Waals surface area contributed by atoms with E-state index >= 15 is 0 Å². The standard InChI is InChI=1S/C27H42N2O7.C16H28N2O5/c1-5-23(30)14-9-11-17-34-20-27(29-26(33)8-4,21-35-18-12-10-15-24(31)6-2)22-36-19-13-16-28-25(32)7-3;1-3-15(19)17-7-5-9-21-11-13-23-14-12-22-10-6-8-18-16(20)4-2/h5-8H,1-4,9-22H2,(H,28,32)(H,29,33);3-4H,1-2,5-14H2,(H,17,19)(H,18,20). The minimum Gasteiger partial charge on any atom is -0.379 e. The second kappa shape index (κ2) is 41.6. The average Bonchev–Trinajstić information content (AvgIpc) is 3.25. The molecule has 0 heterocycles. The van der Waals surface area contributed by atoms with Crippen molar-refractivity contribution in [1.29, 1.82) is 0 Å². The van der Waals surface area contributed by atoms with Crippen LogP contribution in [-0.2, 0) is 57.2 Å². The van der Waals surface area contributed by atoms with E-state index < -0.39 is 11.4 Å². The molecule has 16 heteroatoms. The Bertz CT molecular complexity index is 1150. The van der Waals surface area contributed by atoms with Gasteiger partial charge in [0.2, 0.25) is 23.6 Å². The summed E-state index contributed by atoms with van der Waals surface area (Å²) in [5, 5.41) is 10.9. The van der Waals surface area contributed by atoms with Crippen molar-refractivity contribution < 1.29 is 57.2 Å². The molecule has 4 amide bonds. The summed E-state index contributed by atoms with van der Waals surface area (Å²) in [5.41, 5.74) is -0.969. The molecule has 0 saturated heterocycles. The van der Waals surface area contributed by atoms with Gasteiger partial charge in [-0.3, -0.25) is 28.8 Å². The molecule has 4 N–H and O–H groups in total. The summed E-state index contributed by atoms with van der Waals surface area (Å²) in [5.74, 6) is -1.01. The van der Waals surface area contributed by atoms with E-state index in [1.165, 1.54) is 36.5 Å². The fourth-order valence-electron chi connectivity index (χ4n) is 4.47. The van der Waals surface area contributed by atoms with Gasteiger partial charge in [0.15, 0.2) is 11.6 Å². The minimum absolute atomic E-state index is 0.0107. The number of nitrogens with one attached hydrogen (secondary N) is 4. The van der Waals surface area contributed by atoms with Crippen LogP contribution in [0.15, 0.2) is 75.9 Å². The van der Waals surface area contributed by atoms with Crippen molar-refractivity contribution in [2.24, 2.45) is 0 Å². The number of unbranched alkanes of at least 4 members (excludes halogenated alkanes) is 2. The van der Waals surface area contributed by atoms with Gasteiger partial charge in [0.1, 0.15) is 5.54 Å². The molecule has 0 aromatic carbocycles. The Kier molecular flexibility index (Phi) is 39.8. The normalized spacial score (nSPS) is 10.5. The molecule has 0 fully saturated rings. The van der Waals surface area contributed by atoms with Crippen LogP contribution in [0.3, 0.4) is 0 Å². The number of amides is 4. The third kappa shape index (κ3) is 38.7. The van der Waals surface area contributed by atoms with Crippen LogP contribution < -0.4 is 21.3 Å². The van der Waals surface area contributed by atoms with Gasteiger partial charge in [-0.25, -0.2) is 0 Å². The topological polar surface area (TPSA) is 206 Å². The molecule has 0 rings (SSSR count). The Morgan fingerprint density at radius 1 is 0.373 bits per heavy atom. The van der Waals surface area contributed by atoms with Crippen LogP contribution in [0.25, 0.3) is 0 Å². The monoisotopic (exact) mass is 834 g/mol. The second-order valence-electron chi connectivity index (χ2n) is 12.8. The highest BCUT2D eigenvalue weighted by atomic mass is 16.5. The van der Waals surface area contributed by atoms with Crippen LogP contribution >= 0.6 is 0 Å². The maximum atomic E-state index is 12.2. The van der Waals surface area contributed by atoms with Crippen LogP contribution in [0.2, 0.25) is 0 Å². The third-order valence-corrected chi connectivity index (χ3v) is 7.68. The van der Waals surface area contributed by atoms with Crippen molar-refractivity contribution >= 4 is 35.2 Å². The zero-order valence-corrected chi connectivity index (χ0v) is 35.1. The summed E-state index contributed by atoms with van der Waals surface area (Å²) in [6.07, 6.45) is 13.1. The first kappa shape index (κ1) is 56.5. The minimum atomic E-state index is -0.969. The molecule has 0 saturated carbocycles. The van der Waals surface area contributed by atoms with E-state index in [0.29, 0.717) is 124 Å². The van der Waals surface area contributed by atoms with Gasteiger partial charge in [-0.05, 0) is 81.4 Å². The van der Waals surface area contributed by atoms with Gasteiger partial charge in [0.05, 0.1) is 46.2 Å². The highest BCUT2D eigenvalue weighted by Gasteiger charge is 2.33. The molecule has 59 heavy (non-hydrogen) atoms. The number of hydrogen-bond acceptors (Lipinski definition) is 12. The summed E-state index contributed by atoms with van der Waals surface area (Å²) in [6.45, 7) is 26.9. The van der Waals surface area contributed by atoms with Crippen LogP contribution in [0.4, 0.5) is 0 Å². The van der Waals surface area contributed by atoms with E-state index in [-0.39, 0.29) is 49.1 Å². The third-order valence-electron chi connectivity index (χ3n) is 7.68. The van der Waals surface area contributed by atoms with Crippen molar-refractivity contribution in [1.82, 2.24) is 21.3 Å². The molecule has 0 radical (unpaired) electrons. The number of carbonyl (C=O) groups is 6. The molecule has 16 nitrogen and oxygen atoms in total. The highest BCUT2D eigenvalue weighted by molar-refractivity contribution is 5.89. The van der Waals surface area contributed by atoms with Gasteiger partial charge in [0.25, 0.3) is 0 Å². The quantitative estimate of drug-likeness (QED) is 0.0519. The highest BCUT2D eigenvalue weighted by Crippen LogP contribution is 2.12. The Morgan fingerprint density at radius 2 is 0.678 bits per heavy atom. The summed E-state index contributed by atoms with van der Waals surface area (Å²) >= 11 is 0. The summed E-state index contributed by atoms with van der Waals surface area (Å²) < 4.78 is 33.5. The summed E-state index contributed by atoms with van der Waals surface area (Å²) in [7, 11) is 0. The number of hydrogen-bond donors (Lipinski definition) is 4. The van der Waals surface area contributed by atoms with E-state index in [1.807, 2.05) is 0 Å². The number of allylic oxidation sites excluding steroid dienone is 2. The number of ether oxygens (including phenoxy) is 6. The van der Waals surface area contributed by atoms with Gasteiger partial charge in [-0.2, -0.15) is 0 Å². The van der Waals surface area contributed by atoms with Crippen molar-refractivity contribution in [3.8, 4) is 0 Å². The first-order chi connectivity index (χ1) is 28.5. The fourth-order valence-corrected chi connectivity index (χ4v) is 4.47. The van der Waals surface area contributed by atoms with Crippen molar-refractivity contribution in [3.63, 3.8) is 0 Å². The predicted octanol–water partition coefficient (Wildman–Crippen LogP) is 3.04. The van der Waals surface area contributed by atoms with Crippen molar-refractivity contribution in [2.45, 2.75) is 63.3 Å². The SMILES string of the molecule is C=CC(=O)CCCCOCC(COCCCCC(=O)C=C)(COCCCNC(=O)C=C)NC(=O)C=C.C=CC(=O)NCCCOCCOCCOCCCNC(=O)C=C. The Labute approximate surface area is 351 Å². The summed E-state index contributed by atoms with van der Waals surface area (Å²) in [6, 6.07) is 0. The molecule has 0 unspecified atom stereocenters. The van der Waals surface area contributed by atoms with Gasteiger partial charge in [-0.15, -0.1) is 0 Å². The van der Waals surface area contributed by atoms with E-state index in [1.54, 1.807) is 0 Å². The summed E-state index contributed by atoms with van der Waals surface area (Å²) in [4.78, 5) is 67.9. The molecule has 0 bridgehead atoms. The lowest BCUT2D eigenvalue weighted by Crippen LogP contribution is -2.58. The smallest absolute Gasteiger partial charge is 0.244 e. The van der Waals surface area contributed by atoms with E-state index in [9.17, 15) is 28.8 Å². The van der Waals surface area contributed by atoms with Gasteiger partial charge in [-0.1, -0.05) is 39.5 Å². The van der Waals surface area contributed by atoms with Crippen LogP contribution in [0.5, 0.6) is 0 Å². The van der Waals surface area contributed by atoms with Gasteiger partial charge in [0, 0.05) is 65.5 Å². The predicted molar refractivity (Wildman–Crippen MR) is 228 cm³/mol. The molecular formula is C43H70N4O12. The molecule has 0 aliphatic heterocycles. The van der Waals surface area contributed by atoms with Crippen LogP contribution in [0.1, 0.15) is 57.8 Å². The van der Waals surface area contributed by atoms with Crippen molar-refractivity contribution in [3.05, 3.63) is 75.9 Å². The van der Waals surface area contributed by atoms with Gasteiger partial charge >= 0.3 is 0 Å². The molecular weight excluding hydrogens is 764 g/mol. The zero-order valence-electron chi connectivity index (χ0n) is 35.1. The maximum absolute atomic E-state index is 12.2. The number of ketones is 2. The molecule has 0 spiro atoms. The Balaban J connectivity index is 0. The molecule has 0 atom stereocenters. The van der Waals surface area contributed by atoms with E-state index in [0.717, 1.165) is 12.8 Å². The lowest BCUT2D eigenvalue weighted by atomic mass is 10.0. The molecule has 0 aromatic rings. The Hall–Kier alpha value is -4.58. The fraction of sp³-hybridized carbons (Fsp3) is 0.581. The zero-order chi connectivity index (χ0) is 44.2. The molecule has 0 aromatic heterocycles. The molecule has 0 aliphatic carbocycles. The Morgan fingerprint density at radius 3 is 1.00 bits per heavy atom. The van der Waals surface area contributed by atoms with Crippen LogP contribution in [-0.4, -0.2) is 140 Å². The number of rotatable bonds is 41. The van der Waals surface area contributed by atoms with Crippen LogP contribution in [0, 0.1) is 0 Å². The maximum Gasteiger partial charge on any atom is 0.244 e. The second-order valence-corrected chi connectivity index (χ2v) is 12.8. The van der Waals surface area contributed by atoms with E-state index in [2.05, 4.69) is 60.7 Å². The first-order valence-corrected chi connectivity index (χ1v) is 19.9. The van der Waals surface area contributed by atoms with E-state index in [4.69, 9.17) is 28.4 Å². The van der Waals surface area contributed by atoms with Gasteiger partial charge < -0.3 is 49.7 Å².